The molecule has 124 valence electrons. The van der Waals surface area contributed by atoms with Crippen molar-refractivity contribution in [2.45, 2.75) is 45.3 Å². The number of rotatable bonds is 3. The molecule has 3 rings (SSSR count). The van der Waals surface area contributed by atoms with Crippen LogP contribution in [0.3, 0.4) is 0 Å². The van der Waals surface area contributed by atoms with E-state index < -0.39 is 0 Å². The van der Waals surface area contributed by atoms with Gasteiger partial charge in [-0.3, -0.25) is 9.59 Å². The second-order valence-corrected chi connectivity index (χ2v) is 6.52. The topological polar surface area (TPSA) is 49.9 Å². The third-order valence-corrected chi connectivity index (χ3v) is 4.68. The van der Waals surface area contributed by atoms with Crippen molar-refractivity contribution in [2.24, 2.45) is 0 Å². The molecule has 1 atom stereocenters. The Morgan fingerprint density at radius 3 is 2.48 bits per heavy atom. The highest BCUT2D eigenvalue weighted by atomic mass is 16.5. The van der Waals surface area contributed by atoms with Crippen LogP contribution in [0.2, 0.25) is 0 Å². The first-order valence-corrected chi connectivity index (χ1v) is 8.34. The van der Waals surface area contributed by atoms with E-state index in [1.165, 1.54) is 5.56 Å². The standard InChI is InChI=1S/C18H24N2O3/c1-13-6-8-15(9-7-13)23-16-11-19(12-16)18(22)17-5-3-4-10-20(17)14(2)21/h6-9,16-17H,3-5,10-12H2,1-2H3. The van der Waals surface area contributed by atoms with Crippen LogP contribution >= 0.6 is 0 Å². The first-order valence-electron chi connectivity index (χ1n) is 8.34. The minimum Gasteiger partial charge on any atom is -0.487 e. The molecule has 5 heteroatoms. The second kappa shape index (κ2) is 6.60. The van der Waals surface area contributed by atoms with Crippen molar-refractivity contribution in [1.29, 1.82) is 0 Å². The smallest absolute Gasteiger partial charge is 0.245 e. The van der Waals surface area contributed by atoms with Crippen LogP contribution in [0, 0.1) is 6.92 Å². The molecule has 0 saturated carbocycles. The van der Waals surface area contributed by atoms with E-state index in [1.807, 2.05) is 36.1 Å². The summed E-state index contributed by atoms with van der Waals surface area (Å²) in [4.78, 5) is 27.9. The molecular weight excluding hydrogens is 292 g/mol. The van der Waals surface area contributed by atoms with Crippen molar-refractivity contribution in [3.8, 4) is 5.75 Å². The molecule has 0 radical (unpaired) electrons. The lowest BCUT2D eigenvalue weighted by Gasteiger charge is -2.43. The average Bonchev–Trinajstić information content (AvgIpc) is 2.51. The highest BCUT2D eigenvalue weighted by Crippen LogP contribution is 2.24. The minimum absolute atomic E-state index is 0.00368. The number of benzene rings is 1. The molecule has 0 aromatic heterocycles. The van der Waals surface area contributed by atoms with Crippen LogP contribution in [0.15, 0.2) is 24.3 Å². The molecule has 0 spiro atoms. The Hall–Kier alpha value is -2.04. The number of aryl methyl sites for hydroxylation is 1. The third kappa shape index (κ3) is 3.49. The van der Waals surface area contributed by atoms with Crippen molar-refractivity contribution >= 4 is 11.8 Å². The summed E-state index contributed by atoms with van der Waals surface area (Å²) >= 11 is 0. The number of likely N-dealkylation sites (tertiary alicyclic amines) is 2. The lowest BCUT2D eigenvalue weighted by molar-refractivity contribution is -0.152. The van der Waals surface area contributed by atoms with Gasteiger partial charge >= 0.3 is 0 Å². The van der Waals surface area contributed by atoms with Crippen LogP contribution in [0.25, 0.3) is 0 Å². The molecule has 2 aliphatic rings. The van der Waals surface area contributed by atoms with Crippen molar-refractivity contribution in [3.05, 3.63) is 29.8 Å². The van der Waals surface area contributed by atoms with Gasteiger partial charge in [-0.25, -0.2) is 0 Å². The minimum atomic E-state index is -0.276. The number of carbonyl (C=O) groups excluding carboxylic acids is 2. The predicted octanol–water partition coefficient (Wildman–Crippen LogP) is 1.99. The Kier molecular flexibility index (Phi) is 4.55. The number of nitrogens with zero attached hydrogens (tertiary/aromatic N) is 2. The number of piperidine rings is 1. The molecule has 2 aliphatic heterocycles. The zero-order valence-electron chi connectivity index (χ0n) is 13.8. The number of hydrogen-bond acceptors (Lipinski definition) is 3. The SMILES string of the molecule is CC(=O)N1CCCCC1C(=O)N1CC(Oc2ccc(C)cc2)C1. The van der Waals surface area contributed by atoms with Crippen molar-refractivity contribution in [2.75, 3.05) is 19.6 Å². The molecule has 1 unspecified atom stereocenters. The molecular formula is C18H24N2O3. The normalized spacial score (nSPS) is 21.7. The zero-order chi connectivity index (χ0) is 16.4. The molecule has 2 amide bonds. The number of hydrogen-bond donors (Lipinski definition) is 0. The maximum absolute atomic E-state index is 12.6. The summed E-state index contributed by atoms with van der Waals surface area (Å²) in [6.07, 6.45) is 2.83. The fraction of sp³-hybridized carbons (Fsp3) is 0.556. The van der Waals surface area contributed by atoms with Gasteiger partial charge in [-0.2, -0.15) is 0 Å². The number of carbonyl (C=O) groups is 2. The van der Waals surface area contributed by atoms with Crippen LogP contribution in [-0.4, -0.2) is 53.4 Å². The first-order chi connectivity index (χ1) is 11.0. The molecule has 2 heterocycles. The Labute approximate surface area is 137 Å². The Bertz CT molecular complexity index is 578. The van der Waals surface area contributed by atoms with E-state index in [4.69, 9.17) is 4.74 Å². The molecule has 1 aromatic rings. The van der Waals surface area contributed by atoms with E-state index in [9.17, 15) is 9.59 Å². The van der Waals surface area contributed by atoms with Gasteiger partial charge in [-0.1, -0.05) is 17.7 Å². The second-order valence-electron chi connectivity index (χ2n) is 6.52. The monoisotopic (exact) mass is 316 g/mol. The van der Waals surface area contributed by atoms with Crippen molar-refractivity contribution in [1.82, 2.24) is 9.80 Å². The van der Waals surface area contributed by atoms with Gasteiger partial charge in [0.25, 0.3) is 0 Å². The van der Waals surface area contributed by atoms with Gasteiger partial charge in [-0.15, -0.1) is 0 Å². The van der Waals surface area contributed by atoms with Gasteiger partial charge in [0, 0.05) is 13.5 Å². The summed E-state index contributed by atoms with van der Waals surface area (Å²) < 4.78 is 5.87. The van der Waals surface area contributed by atoms with Gasteiger partial charge in [-0.05, 0) is 38.3 Å². The molecule has 5 nitrogen and oxygen atoms in total. The largest absolute Gasteiger partial charge is 0.487 e. The lowest BCUT2D eigenvalue weighted by Crippen LogP contribution is -2.62. The number of ether oxygens (including phenoxy) is 1. The Morgan fingerprint density at radius 2 is 1.83 bits per heavy atom. The molecule has 1 aromatic carbocycles. The van der Waals surface area contributed by atoms with E-state index in [-0.39, 0.29) is 24.0 Å². The van der Waals surface area contributed by atoms with Crippen molar-refractivity contribution < 1.29 is 14.3 Å². The fourth-order valence-corrected chi connectivity index (χ4v) is 3.28. The summed E-state index contributed by atoms with van der Waals surface area (Å²) in [6, 6.07) is 7.67. The summed E-state index contributed by atoms with van der Waals surface area (Å²) in [5, 5.41) is 0. The molecule has 0 aliphatic carbocycles. The van der Waals surface area contributed by atoms with Crippen LogP contribution in [0.5, 0.6) is 5.75 Å². The molecule has 2 saturated heterocycles. The molecule has 2 fully saturated rings. The van der Waals surface area contributed by atoms with Gasteiger partial charge in [0.15, 0.2) is 0 Å². The Morgan fingerprint density at radius 1 is 1.13 bits per heavy atom. The fourth-order valence-electron chi connectivity index (χ4n) is 3.28. The van der Waals surface area contributed by atoms with Crippen molar-refractivity contribution in [3.63, 3.8) is 0 Å². The van der Waals surface area contributed by atoms with Gasteiger partial charge in [0.1, 0.15) is 17.9 Å². The van der Waals surface area contributed by atoms with Gasteiger partial charge in [0.05, 0.1) is 13.1 Å². The van der Waals surface area contributed by atoms with Gasteiger partial charge < -0.3 is 14.5 Å². The van der Waals surface area contributed by atoms with E-state index in [1.54, 1.807) is 11.8 Å². The predicted molar refractivity (Wildman–Crippen MR) is 87.2 cm³/mol. The summed E-state index contributed by atoms with van der Waals surface area (Å²) in [5.74, 6) is 0.912. The van der Waals surface area contributed by atoms with E-state index in [0.717, 1.165) is 25.0 Å². The molecule has 0 N–H and O–H groups in total. The summed E-state index contributed by atoms with van der Waals surface area (Å²) in [7, 11) is 0. The highest BCUT2D eigenvalue weighted by Gasteiger charge is 2.39. The zero-order valence-corrected chi connectivity index (χ0v) is 13.8. The van der Waals surface area contributed by atoms with Gasteiger partial charge in [0.2, 0.25) is 11.8 Å². The van der Waals surface area contributed by atoms with Crippen LogP contribution in [0.1, 0.15) is 31.7 Å². The molecule has 0 bridgehead atoms. The van der Waals surface area contributed by atoms with E-state index in [2.05, 4.69) is 0 Å². The van der Waals surface area contributed by atoms with E-state index >= 15 is 0 Å². The highest BCUT2D eigenvalue weighted by molar-refractivity contribution is 5.87. The van der Waals surface area contributed by atoms with Crippen LogP contribution in [-0.2, 0) is 9.59 Å². The first kappa shape index (κ1) is 15.8. The third-order valence-electron chi connectivity index (χ3n) is 4.68. The molecule has 23 heavy (non-hydrogen) atoms. The Balaban J connectivity index is 1.53. The summed E-state index contributed by atoms with van der Waals surface area (Å²) in [5.41, 5.74) is 1.20. The van der Waals surface area contributed by atoms with E-state index in [0.29, 0.717) is 19.6 Å². The maximum atomic E-state index is 12.6. The maximum Gasteiger partial charge on any atom is 0.245 e. The number of amides is 2. The average molecular weight is 316 g/mol. The van der Waals surface area contributed by atoms with Crippen LogP contribution < -0.4 is 4.74 Å². The quantitative estimate of drug-likeness (QED) is 0.857. The summed E-state index contributed by atoms with van der Waals surface area (Å²) in [6.45, 7) is 5.50. The lowest BCUT2D eigenvalue weighted by atomic mass is 9.99. The van der Waals surface area contributed by atoms with Crippen LogP contribution in [0.4, 0.5) is 0 Å².